The molecule has 3 aromatic rings. The molecule has 0 saturated heterocycles. The van der Waals surface area contributed by atoms with Gasteiger partial charge < -0.3 is 9.67 Å². The highest BCUT2D eigenvalue weighted by Gasteiger charge is 2.19. The van der Waals surface area contributed by atoms with Crippen LogP contribution in [0.4, 0.5) is 0 Å². The Morgan fingerprint density at radius 1 is 1.00 bits per heavy atom. The fourth-order valence-electron chi connectivity index (χ4n) is 2.85. The van der Waals surface area contributed by atoms with Gasteiger partial charge in [0.25, 0.3) is 0 Å². The number of hydrogen-bond donors (Lipinski definition) is 1. The molecule has 0 spiro atoms. The summed E-state index contributed by atoms with van der Waals surface area (Å²) in [5, 5.41) is 10.8. The minimum atomic E-state index is -0.700. The van der Waals surface area contributed by atoms with E-state index in [2.05, 4.69) is 42.5 Å². The van der Waals surface area contributed by atoms with Gasteiger partial charge in [-0.05, 0) is 36.1 Å². The van der Waals surface area contributed by atoms with Gasteiger partial charge in [0.15, 0.2) is 0 Å². The number of aromatic nitrogens is 2. The number of benzene rings is 2. The van der Waals surface area contributed by atoms with Crippen LogP contribution in [0, 0.1) is 0 Å². The number of imidazole rings is 1. The Labute approximate surface area is 131 Å². The molecule has 1 heterocycles. The van der Waals surface area contributed by atoms with Gasteiger partial charge in [0.1, 0.15) is 11.9 Å². The Bertz CT molecular complexity index is 772. The normalized spacial score (nSPS) is 13.0. The SMILES string of the molecule is CCn1c(C(O)c2ccc(C(C)C)cc2)nc2ccccc21. The summed E-state index contributed by atoms with van der Waals surface area (Å²) < 4.78 is 2.08. The lowest BCUT2D eigenvalue weighted by Crippen LogP contribution is -2.09. The van der Waals surface area contributed by atoms with Crippen LogP contribution in [0.25, 0.3) is 11.0 Å². The van der Waals surface area contributed by atoms with Crippen LogP contribution < -0.4 is 0 Å². The van der Waals surface area contributed by atoms with Crippen molar-refractivity contribution in [3.8, 4) is 0 Å². The number of nitrogens with zero attached hydrogens (tertiary/aromatic N) is 2. The van der Waals surface area contributed by atoms with Crippen molar-refractivity contribution in [2.45, 2.75) is 39.3 Å². The summed E-state index contributed by atoms with van der Waals surface area (Å²) in [5.41, 5.74) is 4.16. The molecule has 22 heavy (non-hydrogen) atoms. The zero-order valence-corrected chi connectivity index (χ0v) is 13.3. The Morgan fingerprint density at radius 3 is 2.27 bits per heavy atom. The van der Waals surface area contributed by atoms with E-state index in [1.54, 1.807) is 0 Å². The van der Waals surface area contributed by atoms with E-state index >= 15 is 0 Å². The van der Waals surface area contributed by atoms with Gasteiger partial charge in [0, 0.05) is 6.54 Å². The zero-order valence-electron chi connectivity index (χ0n) is 13.3. The van der Waals surface area contributed by atoms with Crippen molar-refractivity contribution in [2.24, 2.45) is 0 Å². The lowest BCUT2D eigenvalue weighted by molar-refractivity contribution is 0.205. The molecular formula is C19H22N2O. The maximum atomic E-state index is 10.8. The Morgan fingerprint density at radius 2 is 1.64 bits per heavy atom. The van der Waals surface area contributed by atoms with Gasteiger partial charge in [-0.2, -0.15) is 0 Å². The van der Waals surface area contributed by atoms with Crippen LogP contribution in [0.1, 0.15) is 49.7 Å². The summed E-state index contributed by atoms with van der Waals surface area (Å²) in [7, 11) is 0. The quantitative estimate of drug-likeness (QED) is 0.780. The summed E-state index contributed by atoms with van der Waals surface area (Å²) in [6.07, 6.45) is -0.700. The minimum absolute atomic E-state index is 0.492. The highest BCUT2D eigenvalue weighted by molar-refractivity contribution is 5.76. The number of aliphatic hydroxyl groups excluding tert-OH is 1. The molecule has 3 rings (SSSR count). The van der Waals surface area contributed by atoms with Gasteiger partial charge in [0.2, 0.25) is 0 Å². The molecule has 3 nitrogen and oxygen atoms in total. The number of fused-ring (bicyclic) bond motifs is 1. The molecule has 1 aromatic heterocycles. The third-order valence-corrected chi connectivity index (χ3v) is 4.16. The highest BCUT2D eigenvalue weighted by Crippen LogP contribution is 2.26. The first-order chi connectivity index (χ1) is 10.6. The fraction of sp³-hybridized carbons (Fsp3) is 0.316. The first kappa shape index (κ1) is 14.8. The molecule has 3 heteroatoms. The summed E-state index contributed by atoms with van der Waals surface area (Å²) in [6, 6.07) is 16.2. The largest absolute Gasteiger partial charge is 0.380 e. The Hall–Kier alpha value is -2.13. The fourth-order valence-corrected chi connectivity index (χ4v) is 2.85. The first-order valence-electron chi connectivity index (χ1n) is 7.85. The predicted molar refractivity (Wildman–Crippen MR) is 90.0 cm³/mol. The zero-order chi connectivity index (χ0) is 15.7. The van der Waals surface area contributed by atoms with E-state index in [4.69, 9.17) is 0 Å². The van der Waals surface area contributed by atoms with Crippen molar-refractivity contribution in [3.63, 3.8) is 0 Å². The van der Waals surface area contributed by atoms with E-state index in [1.807, 2.05) is 36.4 Å². The maximum absolute atomic E-state index is 10.8. The van der Waals surface area contributed by atoms with Crippen molar-refractivity contribution in [1.82, 2.24) is 9.55 Å². The van der Waals surface area contributed by atoms with Gasteiger partial charge in [-0.1, -0.05) is 50.2 Å². The van der Waals surface area contributed by atoms with Gasteiger partial charge in [-0.25, -0.2) is 4.98 Å². The predicted octanol–water partition coefficient (Wildman–Crippen LogP) is 4.26. The third-order valence-electron chi connectivity index (χ3n) is 4.16. The molecule has 0 amide bonds. The summed E-state index contributed by atoms with van der Waals surface area (Å²) in [4.78, 5) is 4.63. The van der Waals surface area contributed by atoms with Crippen molar-refractivity contribution in [1.29, 1.82) is 0 Å². The van der Waals surface area contributed by atoms with E-state index in [9.17, 15) is 5.11 Å². The Kier molecular flexibility index (Phi) is 3.99. The van der Waals surface area contributed by atoms with Crippen molar-refractivity contribution < 1.29 is 5.11 Å². The molecule has 1 N–H and O–H groups in total. The number of hydrogen-bond acceptors (Lipinski definition) is 2. The smallest absolute Gasteiger partial charge is 0.143 e. The molecule has 2 aromatic carbocycles. The summed E-state index contributed by atoms with van der Waals surface area (Å²) >= 11 is 0. The van der Waals surface area contributed by atoms with E-state index in [0.29, 0.717) is 11.7 Å². The van der Waals surface area contributed by atoms with Crippen molar-refractivity contribution in [2.75, 3.05) is 0 Å². The molecular weight excluding hydrogens is 272 g/mol. The molecule has 0 aliphatic rings. The molecule has 0 saturated carbocycles. The standard InChI is InChI=1S/C19H22N2O/c1-4-21-17-8-6-5-7-16(17)20-19(21)18(22)15-11-9-14(10-12-15)13(2)3/h5-13,18,22H,4H2,1-3H3. The average Bonchev–Trinajstić information content (AvgIpc) is 2.92. The topological polar surface area (TPSA) is 38.0 Å². The second-order valence-corrected chi connectivity index (χ2v) is 5.93. The van der Waals surface area contributed by atoms with E-state index in [0.717, 1.165) is 23.1 Å². The molecule has 114 valence electrons. The second kappa shape index (κ2) is 5.93. The van der Waals surface area contributed by atoms with Crippen LogP contribution in [-0.4, -0.2) is 14.7 Å². The van der Waals surface area contributed by atoms with Crippen LogP contribution in [0.15, 0.2) is 48.5 Å². The van der Waals surface area contributed by atoms with Crippen LogP contribution in [0.5, 0.6) is 0 Å². The summed E-state index contributed by atoms with van der Waals surface area (Å²) in [6.45, 7) is 7.20. The molecule has 0 fully saturated rings. The van der Waals surface area contributed by atoms with E-state index in [-0.39, 0.29) is 0 Å². The monoisotopic (exact) mass is 294 g/mol. The van der Waals surface area contributed by atoms with Gasteiger partial charge in [-0.3, -0.25) is 0 Å². The van der Waals surface area contributed by atoms with Crippen LogP contribution in [-0.2, 0) is 6.54 Å². The number of aliphatic hydroxyl groups is 1. The van der Waals surface area contributed by atoms with Crippen LogP contribution >= 0.6 is 0 Å². The van der Waals surface area contributed by atoms with Crippen LogP contribution in [0.2, 0.25) is 0 Å². The van der Waals surface area contributed by atoms with Crippen LogP contribution in [0.3, 0.4) is 0 Å². The molecule has 1 atom stereocenters. The molecule has 0 aliphatic carbocycles. The minimum Gasteiger partial charge on any atom is -0.380 e. The second-order valence-electron chi connectivity index (χ2n) is 5.93. The first-order valence-corrected chi connectivity index (χ1v) is 7.85. The van der Waals surface area contributed by atoms with Crippen molar-refractivity contribution >= 4 is 11.0 Å². The van der Waals surface area contributed by atoms with Crippen molar-refractivity contribution in [3.05, 3.63) is 65.5 Å². The third kappa shape index (κ3) is 2.53. The van der Waals surface area contributed by atoms with Gasteiger partial charge in [0.05, 0.1) is 11.0 Å². The van der Waals surface area contributed by atoms with Gasteiger partial charge in [-0.15, -0.1) is 0 Å². The van der Waals surface area contributed by atoms with E-state index in [1.165, 1.54) is 5.56 Å². The lowest BCUT2D eigenvalue weighted by Gasteiger charge is -2.14. The maximum Gasteiger partial charge on any atom is 0.143 e. The average molecular weight is 294 g/mol. The van der Waals surface area contributed by atoms with Gasteiger partial charge >= 0.3 is 0 Å². The summed E-state index contributed by atoms with van der Waals surface area (Å²) in [5.74, 6) is 1.20. The lowest BCUT2D eigenvalue weighted by atomic mass is 10.00. The molecule has 1 unspecified atom stereocenters. The number of para-hydroxylation sites is 2. The Balaban J connectivity index is 2.02. The highest BCUT2D eigenvalue weighted by atomic mass is 16.3. The molecule has 0 radical (unpaired) electrons. The molecule has 0 aliphatic heterocycles. The van der Waals surface area contributed by atoms with E-state index < -0.39 is 6.10 Å². The number of rotatable bonds is 4. The molecule has 0 bridgehead atoms. The number of aryl methyl sites for hydroxylation is 1.